The van der Waals surface area contributed by atoms with Crippen LogP contribution in [-0.4, -0.2) is 25.2 Å². The number of alkyl halides is 3. The third-order valence-electron chi connectivity index (χ3n) is 2.14. The lowest BCUT2D eigenvalue weighted by Crippen LogP contribution is -2.09. The van der Waals surface area contributed by atoms with E-state index in [9.17, 15) is 18.0 Å². The highest BCUT2D eigenvalue weighted by molar-refractivity contribution is 8.00. The molecule has 1 aromatic rings. The molecule has 0 radical (unpaired) electrons. The van der Waals surface area contributed by atoms with Gasteiger partial charge in [0.2, 0.25) is 0 Å². The number of hydrogen-bond donors (Lipinski definition) is 0. The van der Waals surface area contributed by atoms with Gasteiger partial charge < -0.3 is 9.47 Å². The second-order valence-corrected chi connectivity index (χ2v) is 4.54. The second kappa shape index (κ2) is 6.52. The van der Waals surface area contributed by atoms with Gasteiger partial charge in [-0.15, -0.1) is 0 Å². The van der Waals surface area contributed by atoms with E-state index in [0.717, 1.165) is 12.1 Å². The summed E-state index contributed by atoms with van der Waals surface area (Å²) in [4.78, 5) is 11.3. The molecule has 0 spiro atoms. The molecule has 0 fully saturated rings. The summed E-state index contributed by atoms with van der Waals surface area (Å²) < 4.78 is 47.0. The van der Waals surface area contributed by atoms with E-state index in [1.165, 1.54) is 14.0 Å². The van der Waals surface area contributed by atoms with Crippen LogP contribution in [0.4, 0.5) is 13.2 Å². The summed E-state index contributed by atoms with van der Waals surface area (Å²) in [6, 6.07) is 3.75. The minimum absolute atomic E-state index is 0.0158. The first-order valence-corrected chi connectivity index (χ1v) is 6.19. The van der Waals surface area contributed by atoms with Crippen molar-refractivity contribution in [1.82, 2.24) is 0 Å². The number of hydrogen-bond acceptors (Lipinski definition) is 5. The molecule has 0 aliphatic rings. The lowest BCUT2D eigenvalue weighted by molar-refractivity contribution is -0.0328. The van der Waals surface area contributed by atoms with Gasteiger partial charge in [-0.3, -0.25) is 0 Å². The predicted octanol–water partition coefficient (Wildman–Crippen LogP) is 3.36. The summed E-state index contributed by atoms with van der Waals surface area (Å²) in [6.45, 7) is 1.56. The number of thioether (sulfide) groups is 1. The molecule has 0 unspecified atom stereocenters. The average molecular weight is 305 g/mol. The number of nitriles is 1. The van der Waals surface area contributed by atoms with E-state index in [2.05, 4.69) is 0 Å². The van der Waals surface area contributed by atoms with Crippen LogP contribution in [0.2, 0.25) is 0 Å². The molecule has 108 valence electrons. The van der Waals surface area contributed by atoms with Crippen LogP contribution in [-0.2, 0) is 4.74 Å². The summed E-state index contributed by atoms with van der Waals surface area (Å²) >= 11 is -0.477. The molecule has 0 aromatic heterocycles. The Bertz CT molecular complexity index is 552. The highest BCUT2D eigenvalue weighted by Gasteiger charge is 2.32. The van der Waals surface area contributed by atoms with Crippen LogP contribution in [0.5, 0.6) is 5.75 Å². The Morgan fingerprint density at radius 2 is 2.10 bits per heavy atom. The van der Waals surface area contributed by atoms with Crippen LogP contribution in [0.25, 0.3) is 0 Å². The molecule has 20 heavy (non-hydrogen) atoms. The molecule has 0 heterocycles. The van der Waals surface area contributed by atoms with Crippen molar-refractivity contribution in [3.8, 4) is 11.8 Å². The largest absolute Gasteiger partial charge is 0.495 e. The number of carbonyl (C=O) groups is 1. The SMILES string of the molecule is CCOC(=O)c1cc(OC)c(C#N)cc1SC(F)(F)F. The third kappa shape index (κ3) is 4.06. The maximum Gasteiger partial charge on any atom is 0.446 e. The third-order valence-corrected chi connectivity index (χ3v) is 2.93. The normalized spacial score (nSPS) is 10.8. The molecule has 0 bridgehead atoms. The number of methoxy groups -OCH3 is 1. The summed E-state index contributed by atoms with van der Waals surface area (Å²) in [7, 11) is 1.25. The van der Waals surface area contributed by atoms with Gasteiger partial charge in [-0.05, 0) is 30.8 Å². The first kappa shape index (κ1) is 16.2. The van der Waals surface area contributed by atoms with Crippen molar-refractivity contribution >= 4 is 17.7 Å². The van der Waals surface area contributed by atoms with Gasteiger partial charge in [0.05, 0.1) is 24.8 Å². The molecule has 4 nitrogen and oxygen atoms in total. The highest BCUT2D eigenvalue weighted by atomic mass is 32.2. The predicted molar refractivity (Wildman–Crippen MR) is 65.6 cm³/mol. The van der Waals surface area contributed by atoms with Gasteiger partial charge in [0.1, 0.15) is 11.8 Å². The highest BCUT2D eigenvalue weighted by Crippen LogP contribution is 2.40. The molecular formula is C12H10F3NO3S. The zero-order valence-corrected chi connectivity index (χ0v) is 11.4. The molecule has 0 N–H and O–H groups in total. The Kier molecular flexibility index (Phi) is 5.27. The number of ether oxygens (including phenoxy) is 2. The fourth-order valence-electron chi connectivity index (χ4n) is 1.39. The molecule has 0 amide bonds. The van der Waals surface area contributed by atoms with Crippen LogP contribution in [0.15, 0.2) is 17.0 Å². The van der Waals surface area contributed by atoms with E-state index in [4.69, 9.17) is 14.7 Å². The Labute approximate surface area is 117 Å². The first-order valence-electron chi connectivity index (χ1n) is 5.37. The summed E-state index contributed by atoms with van der Waals surface area (Å²) in [5.74, 6) is -0.885. The topological polar surface area (TPSA) is 59.3 Å². The van der Waals surface area contributed by atoms with Crippen molar-refractivity contribution < 1.29 is 27.4 Å². The van der Waals surface area contributed by atoms with Crippen molar-refractivity contribution in [2.45, 2.75) is 17.3 Å². The van der Waals surface area contributed by atoms with Gasteiger partial charge in [-0.25, -0.2) is 4.79 Å². The molecule has 1 aromatic carbocycles. The Balaban J connectivity index is 3.37. The lowest BCUT2D eigenvalue weighted by Gasteiger charge is -2.13. The van der Waals surface area contributed by atoms with Crippen molar-refractivity contribution in [3.63, 3.8) is 0 Å². The van der Waals surface area contributed by atoms with Crippen molar-refractivity contribution in [1.29, 1.82) is 5.26 Å². The quantitative estimate of drug-likeness (QED) is 0.630. The summed E-state index contributed by atoms with van der Waals surface area (Å²) in [5.41, 5.74) is -4.96. The summed E-state index contributed by atoms with van der Waals surface area (Å²) in [6.07, 6.45) is 0. The molecule has 0 aliphatic carbocycles. The van der Waals surface area contributed by atoms with Crippen LogP contribution in [0.3, 0.4) is 0 Å². The van der Waals surface area contributed by atoms with E-state index in [-0.39, 0.29) is 23.5 Å². The van der Waals surface area contributed by atoms with Crippen LogP contribution in [0, 0.1) is 11.3 Å². The molecule has 8 heteroatoms. The van der Waals surface area contributed by atoms with Gasteiger partial charge in [0.15, 0.2) is 0 Å². The van der Waals surface area contributed by atoms with Gasteiger partial charge >= 0.3 is 11.5 Å². The van der Waals surface area contributed by atoms with Crippen molar-refractivity contribution in [2.75, 3.05) is 13.7 Å². The minimum Gasteiger partial charge on any atom is -0.495 e. The van der Waals surface area contributed by atoms with E-state index < -0.39 is 28.1 Å². The molecule has 1 rings (SSSR count). The zero-order chi connectivity index (χ0) is 15.3. The summed E-state index contributed by atoms with van der Waals surface area (Å²) in [5, 5.41) is 8.87. The van der Waals surface area contributed by atoms with E-state index >= 15 is 0 Å². The first-order chi connectivity index (χ1) is 9.32. The monoisotopic (exact) mass is 305 g/mol. The zero-order valence-electron chi connectivity index (χ0n) is 10.6. The van der Waals surface area contributed by atoms with Gasteiger partial charge in [0, 0.05) is 4.90 Å². The smallest absolute Gasteiger partial charge is 0.446 e. The van der Waals surface area contributed by atoms with Crippen molar-refractivity contribution in [3.05, 3.63) is 23.3 Å². The van der Waals surface area contributed by atoms with E-state index in [1.54, 1.807) is 6.07 Å². The second-order valence-electron chi connectivity index (χ2n) is 3.43. The molecular weight excluding hydrogens is 295 g/mol. The van der Waals surface area contributed by atoms with Crippen LogP contribution in [0.1, 0.15) is 22.8 Å². The fourth-order valence-corrected chi connectivity index (χ4v) is 2.07. The van der Waals surface area contributed by atoms with Crippen LogP contribution >= 0.6 is 11.8 Å². The molecule has 0 aliphatic heterocycles. The van der Waals surface area contributed by atoms with Gasteiger partial charge in [-0.1, -0.05) is 0 Å². The van der Waals surface area contributed by atoms with Gasteiger partial charge in [-0.2, -0.15) is 18.4 Å². The minimum atomic E-state index is -4.58. The van der Waals surface area contributed by atoms with E-state index in [0.29, 0.717) is 0 Å². The fraction of sp³-hybridized carbons (Fsp3) is 0.333. The number of nitrogens with zero attached hydrogens (tertiary/aromatic N) is 1. The number of rotatable bonds is 4. The molecule has 0 saturated carbocycles. The Hall–Kier alpha value is -1.88. The lowest BCUT2D eigenvalue weighted by atomic mass is 10.1. The van der Waals surface area contributed by atoms with Crippen LogP contribution < -0.4 is 4.74 Å². The molecule has 0 atom stereocenters. The van der Waals surface area contributed by atoms with Crippen molar-refractivity contribution in [2.24, 2.45) is 0 Å². The number of halogens is 3. The van der Waals surface area contributed by atoms with Gasteiger partial charge in [0.25, 0.3) is 0 Å². The van der Waals surface area contributed by atoms with E-state index in [1.807, 2.05) is 0 Å². The maximum absolute atomic E-state index is 12.5. The Morgan fingerprint density at radius 1 is 1.45 bits per heavy atom. The number of esters is 1. The number of carbonyl (C=O) groups excluding carboxylic acids is 1. The average Bonchev–Trinajstić information content (AvgIpc) is 2.36. The Morgan fingerprint density at radius 3 is 2.55 bits per heavy atom. The number of benzene rings is 1. The standard InChI is InChI=1S/C12H10F3NO3S/c1-3-19-11(17)8-5-9(18-2)7(6-16)4-10(8)20-12(13,14)15/h4-5H,3H2,1-2H3. The molecule has 0 saturated heterocycles. The maximum atomic E-state index is 12.5.